The van der Waals surface area contributed by atoms with Gasteiger partial charge in [-0.15, -0.1) is 0 Å². The number of piperidine rings is 1. The first kappa shape index (κ1) is 16.0. The zero-order valence-electron chi connectivity index (χ0n) is 12.5. The lowest BCUT2D eigenvalue weighted by Crippen LogP contribution is -2.32. The number of carbonyl (C=O) groups is 2. The van der Waals surface area contributed by atoms with Gasteiger partial charge in [0.05, 0.1) is 12.2 Å². The molecule has 1 aliphatic rings. The Morgan fingerprint density at radius 3 is 3.10 bits per heavy atom. The first-order valence-electron chi connectivity index (χ1n) is 7.22. The predicted octanol–water partition coefficient (Wildman–Crippen LogP) is 1.89. The molecule has 1 saturated heterocycles. The van der Waals surface area contributed by atoms with E-state index < -0.39 is 0 Å². The molecule has 1 aliphatic heterocycles. The third kappa shape index (κ3) is 4.82. The minimum absolute atomic E-state index is 0.145. The Hall–Kier alpha value is -1.40. The van der Waals surface area contributed by atoms with Crippen LogP contribution >= 0.6 is 11.8 Å². The fourth-order valence-electron chi connectivity index (χ4n) is 2.27. The lowest BCUT2D eigenvalue weighted by Gasteiger charge is -2.24. The van der Waals surface area contributed by atoms with Crippen molar-refractivity contribution in [3.63, 3.8) is 0 Å². The lowest BCUT2D eigenvalue weighted by molar-refractivity contribution is -0.119. The minimum Gasteiger partial charge on any atom is -0.313 e. The van der Waals surface area contributed by atoms with Crippen molar-refractivity contribution in [2.75, 3.05) is 13.1 Å². The van der Waals surface area contributed by atoms with Crippen LogP contribution in [0.1, 0.15) is 32.4 Å². The summed E-state index contributed by atoms with van der Waals surface area (Å²) in [5.41, 5.74) is 2.03. The molecule has 0 amide bonds. The summed E-state index contributed by atoms with van der Waals surface area (Å²) in [6.45, 7) is 5.50. The number of nitrogens with zero attached hydrogens (tertiary/aromatic N) is 2. The Morgan fingerprint density at radius 2 is 2.38 bits per heavy atom. The van der Waals surface area contributed by atoms with Crippen LogP contribution in [0.5, 0.6) is 0 Å². The van der Waals surface area contributed by atoms with E-state index in [1.165, 1.54) is 17.3 Å². The van der Waals surface area contributed by atoms with E-state index in [1.54, 1.807) is 11.6 Å². The van der Waals surface area contributed by atoms with Gasteiger partial charge in [0.2, 0.25) is 0 Å². The Balaban J connectivity index is 2.09. The molecule has 0 aliphatic carbocycles. The number of carbonyl (C=O) groups excluding carboxylic acids is 2. The van der Waals surface area contributed by atoms with Gasteiger partial charge in [-0.2, -0.15) is 5.10 Å². The monoisotopic (exact) mass is 307 g/mol. The van der Waals surface area contributed by atoms with Gasteiger partial charge in [-0.05, 0) is 30.7 Å². The minimum atomic E-state index is 0.145. The summed E-state index contributed by atoms with van der Waals surface area (Å²) in [6, 6.07) is 1.90. The molecule has 2 heterocycles. The van der Waals surface area contributed by atoms with Crippen molar-refractivity contribution in [3.05, 3.63) is 23.5 Å². The van der Waals surface area contributed by atoms with Crippen molar-refractivity contribution in [3.8, 4) is 0 Å². The number of hydrogen-bond donors (Lipinski definition) is 1. The Kier molecular flexibility index (Phi) is 5.76. The van der Waals surface area contributed by atoms with Crippen molar-refractivity contribution in [2.45, 2.75) is 38.5 Å². The maximum atomic E-state index is 11.4. The van der Waals surface area contributed by atoms with Crippen molar-refractivity contribution in [2.24, 2.45) is 0 Å². The van der Waals surface area contributed by atoms with E-state index in [1.807, 2.05) is 25.3 Å². The summed E-state index contributed by atoms with van der Waals surface area (Å²) in [6.07, 6.45) is 5.33. The van der Waals surface area contributed by atoms with Gasteiger partial charge < -0.3 is 5.32 Å². The van der Waals surface area contributed by atoms with E-state index in [0.717, 1.165) is 25.2 Å². The Labute approximate surface area is 129 Å². The first-order valence-corrected chi connectivity index (χ1v) is 8.10. The number of rotatable bonds is 5. The Bertz CT molecular complexity index is 551. The zero-order chi connectivity index (χ0) is 15.2. The molecule has 1 aromatic heterocycles. The smallest absolute Gasteiger partial charge is 0.186 e. The van der Waals surface area contributed by atoms with Crippen LogP contribution in [0.4, 0.5) is 0 Å². The molecule has 1 fully saturated rings. The average Bonchev–Trinajstić information content (AvgIpc) is 2.87. The zero-order valence-corrected chi connectivity index (χ0v) is 13.3. The molecule has 0 spiro atoms. The van der Waals surface area contributed by atoms with Gasteiger partial charge in [-0.3, -0.25) is 14.3 Å². The molecular weight excluding hydrogens is 286 g/mol. The summed E-state index contributed by atoms with van der Waals surface area (Å²) >= 11 is 1.39. The predicted molar refractivity (Wildman–Crippen MR) is 85.0 cm³/mol. The molecule has 0 aromatic carbocycles. The van der Waals surface area contributed by atoms with Gasteiger partial charge in [0, 0.05) is 31.3 Å². The number of aromatic nitrogens is 2. The van der Waals surface area contributed by atoms with E-state index in [2.05, 4.69) is 10.4 Å². The van der Waals surface area contributed by atoms with E-state index in [0.29, 0.717) is 13.0 Å². The molecule has 0 bridgehead atoms. The van der Waals surface area contributed by atoms with Gasteiger partial charge in [-0.25, -0.2) is 0 Å². The quantitative estimate of drug-likeness (QED) is 0.900. The molecule has 2 rings (SSSR count). The third-order valence-corrected chi connectivity index (χ3v) is 4.52. The number of hydrogen-bond acceptors (Lipinski definition) is 5. The summed E-state index contributed by atoms with van der Waals surface area (Å²) in [4.78, 5) is 22.8. The van der Waals surface area contributed by atoms with Crippen molar-refractivity contribution >= 4 is 28.7 Å². The molecule has 21 heavy (non-hydrogen) atoms. The molecule has 114 valence electrons. The SMILES string of the molecule is CCC(=O)Cn1ccc(/C=C2\CNCCC2SC(C)=O)n1. The van der Waals surface area contributed by atoms with Crippen LogP contribution in [0.2, 0.25) is 0 Å². The van der Waals surface area contributed by atoms with E-state index >= 15 is 0 Å². The highest BCUT2D eigenvalue weighted by Crippen LogP contribution is 2.26. The summed E-state index contributed by atoms with van der Waals surface area (Å²) in [7, 11) is 0. The summed E-state index contributed by atoms with van der Waals surface area (Å²) in [5.74, 6) is 0.168. The highest BCUT2D eigenvalue weighted by atomic mass is 32.2. The van der Waals surface area contributed by atoms with E-state index in [9.17, 15) is 9.59 Å². The van der Waals surface area contributed by atoms with Gasteiger partial charge in [0.1, 0.15) is 0 Å². The number of ketones is 1. The van der Waals surface area contributed by atoms with Gasteiger partial charge in [-0.1, -0.05) is 18.7 Å². The van der Waals surface area contributed by atoms with Crippen LogP contribution in [0.15, 0.2) is 17.8 Å². The molecule has 5 nitrogen and oxygen atoms in total. The maximum absolute atomic E-state index is 11.4. The van der Waals surface area contributed by atoms with Crippen molar-refractivity contribution < 1.29 is 9.59 Å². The molecule has 1 unspecified atom stereocenters. The number of Topliss-reactive ketones (excluding diaryl/α,β-unsaturated/α-hetero) is 1. The van der Waals surface area contributed by atoms with Gasteiger partial charge in [0.15, 0.2) is 10.9 Å². The second kappa shape index (κ2) is 7.56. The summed E-state index contributed by atoms with van der Waals surface area (Å²) in [5, 5.41) is 8.10. The fourth-order valence-corrected chi connectivity index (χ4v) is 3.21. The van der Waals surface area contributed by atoms with Crippen LogP contribution in [-0.4, -0.2) is 39.0 Å². The Morgan fingerprint density at radius 1 is 1.57 bits per heavy atom. The maximum Gasteiger partial charge on any atom is 0.186 e. The van der Waals surface area contributed by atoms with E-state index in [4.69, 9.17) is 0 Å². The standard InChI is InChI=1S/C15H21N3O2S/c1-3-14(20)10-18-7-5-13(17-18)8-12-9-16-6-4-15(12)21-11(2)19/h5,7-8,15-16H,3-4,6,9-10H2,1-2H3/b12-8+. The lowest BCUT2D eigenvalue weighted by atomic mass is 10.0. The van der Waals surface area contributed by atoms with Crippen LogP contribution in [0.3, 0.4) is 0 Å². The molecule has 1 N–H and O–H groups in total. The largest absolute Gasteiger partial charge is 0.313 e. The normalized spacial score (nSPS) is 20.7. The topological polar surface area (TPSA) is 64.0 Å². The first-order chi connectivity index (χ1) is 10.1. The van der Waals surface area contributed by atoms with Crippen LogP contribution in [-0.2, 0) is 16.1 Å². The second-order valence-corrected chi connectivity index (χ2v) is 6.49. The van der Waals surface area contributed by atoms with Crippen LogP contribution < -0.4 is 5.32 Å². The van der Waals surface area contributed by atoms with Gasteiger partial charge >= 0.3 is 0 Å². The van der Waals surface area contributed by atoms with Crippen LogP contribution in [0, 0.1) is 0 Å². The molecule has 0 radical (unpaired) electrons. The summed E-state index contributed by atoms with van der Waals surface area (Å²) < 4.78 is 1.67. The second-order valence-electron chi connectivity index (χ2n) is 5.11. The van der Waals surface area contributed by atoms with E-state index in [-0.39, 0.29) is 16.1 Å². The molecule has 0 saturated carbocycles. The number of nitrogens with one attached hydrogen (secondary N) is 1. The fraction of sp³-hybridized carbons (Fsp3) is 0.533. The van der Waals surface area contributed by atoms with Crippen molar-refractivity contribution in [1.82, 2.24) is 15.1 Å². The molecular formula is C15H21N3O2S. The van der Waals surface area contributed by atoms with Crippen molar-refractivity contribution in [1.29, 1.82) is 0 Å². The molecule has 6 heteroatoms. The third-order valence-electron chi connectivity index (χ3n) is 3.36. The molecule has 1 atom stereocenters. The number of thioether (sulfide) groups is 1. The highest BCUT2D eigenvalue weighted by Gasteiger charge is 2.21. The van der Waals surface area contributed by atoms with Gasteiger partial charge in [0.25, 0.3) is 0 Å². The van der Waals surface area contributed by atoms with Crippen LogP contribution in [0.25, 0.3) is 6.08 Å². The molecule has 1 aromatic rings. The highest BCUT2D eigenvalue weighted by molar-refractivity contribution is 8.14. The average molecular weight is 307 g/mol.